The van der Waals surface area contributed by atoms with Gasteiger partial charge in [-0.2, -0.15) is 0 Å². The van der Waals surface area contributed by atoms with Crippen molar-refractivity contribution in [2.45, 2.75) is 52.2 Å². The fourth-order valence-electron chi connectivity index (χ4n) is 2.66. The third-order valence-electron chi connectivity index (χ3n) is 3.34. The summed E-state index contributed by atoms with van der Waals surface area (Å²) >= 11 is 1.83. The molecule has 2 heterocycles. The van der Waals surface area contributed by atoms with Crippen molar-refractivity contribution in [3.8, 4) is 0 Å². The lowest BCUT2D eigenvalue weighted by Crippen LogP contribution is -2.40. The van der Waals surface area contributed by atoms with Crippen LogP contribution in [-0.4, -0.2) is 29.6 Å². The van der Waals surface area contributed by atoms with Crippen molar-refractivity contribution in [1.29, 1.82) is 0 Å². The van der Waals surface area contributed by atoms with Crippen LogP contribution in [0, 0.1) is 0 Å². The SMILES string of the molecule is CCC1c2ccsc2CCN1CC(=O)OC(C)(C)C. The predicted molar refractivity (Wildman–Crippen MR) is 78.5 cm³/mol. The van der Waals surface area contributed by atoms with E-state index in [9.17, 15) is 4.79 Å². The maximum Gasteiger partial charge on any atom is 0.320 e. The Bertz CT molecular complexity index is 447. The highest BCUT2D eigenvalue weighted by Gasteiger charge is 2.29. The smallest absolute Gasteiger partial charge is 0.320 e. The first-order chi connectivity index (χ1) is 8.90. The van der Waals surface area contributed by atoms with E-state index >= 15 is 0 Å². The van der Waals surface area contributed by atoms with Crippen LogP contribution in [0.25, 0.3) is 0 Å². The van der Waals surface area contributed by atoms with Crippen LogP contribution in [0.3, 0.4) is 0 Å². The summed E-state index contributed by atoms with van der Waals surface area (Å²) in [5, 5.41) is 2.16. The van der Waals surface area contributed by atoms with Crippen molar-refractivity contribution >= 4 is 17.3 Å². The standard InChI is InChI=1S/C15H23NO2S/c1-5-12-11-7-9-19-13(11)6-8-16(12)10-14(17)18-15(2,3)4/h7,9,12H,5-6,8,10H2,1-4H3. The maximum absolute atomic E-state index is 12.0. The Labute approximate surface area is 119 Å². The van der Waals surface area contributed by atoms with Gasteiger partial charge in [0.05, 0.1) is 6.54 Å². The van der Waals surface area contributed by atoms with Crippen LogP contribution in [-0.2, 0) is 16.0 Å². The quantitative estimate of drug-likeness (QED) is 0.795. The number of ether oxygens (including phenoxy) is 1. The molecule has 2 rings (SSSR count). The molecule has 1 aliphatic heterocycles. The molecule has 1 aromatic rings. The number of hydrogen-bond donors (Lipinski definition) is 0. The molecule has 0 aliphatic carbocycles. The molecule has 3 nitrogen and oxygen atoms in total. The number of rotatable bonds is 3. The first-order valence-electron chi connectivity index (χ1n) is 6.93. The van der Waals surface area contributed by atoms with E-state index in [2.05, 4.69) is 23.3 Å². The van der Waals surface area contributed by atoms with Crippen LogP contribution in [0.15, 0.2) is 11.4 Å². The second-order valence-corrected chi connectivity index (χ2v) is 7.03. The van der Waals surface area contributed by atoms with Crippen molar-refractivity contribution in [1.82, 2.24) is 4.90 Å². The summed E-state index contributed by atoms with van der Waals surface area (Å²) in [7, 11) is 0. The van der Waals surface area contributed by atoms with Crippen LogP contribution in [0.1, 0.15) is 50.6 Å². The summed E-state index contributed by atoms with van der Waals surface area (Å²) in [5.41, 5.74) is 1.00. The molecule has 19 heavy (non-hydrogen) atoms. The molecule has 0 saturated carbocycles. The average Bonchev–Trinajstić information content (AvgIpc) is 2.74. The van der Waals surface area contributed by atoms with E-state index in [1.165, 1.54) is 10.4 Å². The number of carbonyl (C=O) groups excluding carboxylic acids is 1. The highest BCUT2D eigenvalue weighted by molar-refractivity contribution is 7.10. The van der Waals surface area contributed by atoms with E-state index < -0.39 is 5.60 Å². The number of carbonyl (C=O) groups is 1. The van der Waals surface area contributed by atoms with Crippen molar-refractivity contribution in [2.24, 2.45) is 0 Å². The van der Waals surface area contributed by atoms with Gasteiger partial charge in [-0.3, -0.25) is 9.69 Å². The number of nitrogens with zero attached hydrogens (tertiary/aromatic N) is 1. The molecule has 0 radical (unpaired) electrons. The molecule has 4 heteroatoms. The molecule has 0 amide bonds. The Morgan fingerprint density at radius 3 is 2.89 bits per heavy atom. The fraction of sp³-hybridized carbons (Fsp3) is 0.667. The van der Waals surface area contributed by atoms with E-state index in [1.54, 1.807) is 0 Å². The minimum absolute atomic E-state index is 0.121. The Kier molecular flexibility index (Phi) is 4.31. The van der Waals surface area contributed by atoms with Crippen molar-refractivity contribution in [3.05, 3.63) is 21.9 Å². The number of fused-ring (bicyclic) bond motifs is 1. The minimum atomic E-state index is -0.401. The molecule has 1 unspecified atom stereocenters. The number of esters is 1. The molecular formula is C15H23NO2S. The normalized spacial score (nSPS) is 20.1. The van der Waals surface area contributed by atoms with Crippen molar-refractivity contribution in [2.75, 3.05) is 13.1 Å². The summed E-state index contributed by atoms with van der Waals surface area (Å²) in [5.74, 6) is -0.121. The second kappa shape index (κ2) is 5.63. The lowest BCUT2D eigenvalue weighted by atomic mass is 9.98. The fourth-order valence-corrected chi connectivity index (χ4v) is 3.58. The zero-order chi connectivity index (χ0) is 14.0. The largest absolute Gasteiger partial charge is 0.459 e. The lowest BCUT2D eigenvalue weighted by Gasteiger charge is -2.35. The van der Waals surface area contributed by atoms with Crippen molar-refractivity contribution in [3.63, 3.8) is 0 Å². The molecule has 0 saturated heterocycles. The van der Waals surface area contributed by atoms with Gasteiger partial charge in [-0.25, -0.2) is 0 Å². The van der Waals surface area contributed by atoms with Gasteiger partial charge in [0.15, 0.2) is 0 Å². The predicted octanol–water partition coefficient (Wildman–Crippen LogP) is 3.40. The van der Waals surface area contributed by atoms with Gasteiger partial charge < -0.3 is 4.74 Å². The monoisotopic (exact) mass is 281 g/mol. The minimum Gasteiger partial charge on any atom is -0.459 e. The Balaban J connectivity index is 2.04. The van der Waals surface area contributed by atoms with Crippen LogP contribution in [0.2, 0.25) is 0 Å². The maximum atomic E-state index is 12.0. The van der Waals surface area contributed by atoms with Gasteiger partial charge in [-0.05, 0) is 50.6 Å². The van der Waals surface area contributed by atoms with Crippen molar-refractivity contribution < 1.29 is 9.53 Å². The molecule has 0 spiro atoms. The van der Waals surface area contributed by atoms with Gasteiger partial charge in [-0.15, -0.1) is 11.3 Å². The first-order valence-corrected chi connectivity index (χ1v) is 7.81. The number of hydrogen-bond acceptors (Lipinski definition) is 4. The van der Waals surface area contributed by atoms with Gasteiger partial charge >= 0.3 is 5.97 Å². The summed E-state index contributed by atoms with van der Waals surface area (Å²) in [6.45, 7) is 9.26. The van der Waals surface area contributed by atoms with Crippen LogP contribution >= 0.6 is 11.3 Å². The van der Waals surface area contributed by atoms with E-state index in [1.807, 2.05) is 32.1 Å². The van der Waals surface area contributed by atoms with Gasteiger partial charge in [0.2, 0.25) is 0 Å². The Morgan fingerprint density at radius 1 is 1.53 bits per heavy atom. The second-order valence-electron chi connectivity index (χ2n) is 6.03. The Hall–Kier alpha value is -0.870. The summed E-state index contributed by atoms with van der Waals surface area (Å²) in [6, 6.07) is 2.57. The lowest BCUT2D eigenvalue weighted by molar-refractivity contribution is -0.156. The number of thiophene rings is 1. The molecule has 0 bridgehead atoms. The molecule has 0 N–H and O–H groups in total. The van der Waals surface area contributed by atoms with E-state index in [4.69, 9.17) is 4.74 Å². The van der Waals surface area contributed by atoms with Gasteiger partial charge in [-0.1, -0.05) is 6.92 Å². The third-order valence-corrected chi connectivity index (χ3v) is 4.34. The van der Waals surface area contributed by atoms with E-state index in [0.717, 1.165) is 19.4 Å². The molecule has 1 aliphatic rings. The third kappa shape index (κ3) is 3.57. The van der Waals surface area contributed by atoms with E-state index in [-0.39, 0.29) is 5.97 Å². The molecule has 1 atom stereocenters. The molecule has 0 fully saturated rings. The summed E-state index contributed by atoms with van der Waals surface area (Å²) in [6.07, 6.45) is 2.08. The molecule has 0 aromatic carbocycles. The highest BCUT2D eigenvalue weighted by Crippen LogP contribution is 2.34. The summed E-state index contributed by atoms with van der Waals surface area (Å²) < 4.78 is 5.42. The first kappa shape index (κ1) is 14.5. The topological polar surface area (TPSA) is 29.5 Å². The molecule has 1 aromatic heterocycles. The van der Waals surface area contributed by atoms with Crippen LogP contribution in [0.4, 0.5) is 0 Å². The summed E-state index contributed by atoms with van der Waals surface area (Å²) in [4.78, 5) is 15.7. The highest BCUT2D eigenvalue weighted by atomic mass is 32.1. The van der Waals surface area contributed by atoms with Crippen LogP contribution in [0.5, 0.6) is 0 Å². The van der Waals surface area contributed by atoms with Gasteiger partial charge in [0, 0.05) is 17.5 Å². The zero-order valence-corrected chi connectivity index (χ0v) is 13.0. The Morgan fingerprint density at radius 2 is 2.26 bits per heavy atom. The van der Waals surface area contributed by atoms with Crippen LogP contribution < -0.4 is 0 Å². The molecule has 106 valence electrons. The van der Waals surface area contributed by atoms with Gasteiger partial charge in [0.25, 0.3) is 0 Å². The average molecular weight is 281 g/mol. The van der Waals surface area contributed by atoms with E-state index in [0.29, 0.717) is 12.6 Å². The zero-order valence-electron chi connectivity index (χ0n) is 12.2. The molecular weight excluding hydrogens is 258 g/mol. The van der Waals surface area contributed by atoms with Gasteiger partial charge in [0.1, 0.15) is 5.60 Å².